The molecular weight excluding hydrogens is 350 g/mol. The summed E-state index contributed by atoms with van der Waals surface area (Å²) in [5, 5.41) is 0.865. The molecule has 2 aromatic heterocycles. The van der Waals surface area contributed by atoms with Crippen molar-refractivity contribution >= 4 is 48.4 Å². The molecule has 0 amide bonds. The van der Waals surface area contributed by atoms with Crippen LogP contribution >= 0.6 is 11.5 Å². The highest BCUT2D eigenvalue weighted by molar-refractivity contribution is 7.92. The van der Waals surface area contributed by atoms with Crippen LogP contribution in [0.25, 0.3) is 21.2 Å². The summed E-state index contributed by atoms with van der Waals surface area (Å²) in [6, 6.07) is 9.52. The average molecular weight is 361 g/mol. The standard InChI is InChI=1S/C15H11N3O4S2/c1-18-12-4-3-11(7-13(12)22-15(18)19)24(20,21)17-10-2-5-14-9(6-10)8-16-23-14/h2-8,17H,1H3. The summed E-state index contributed by atoms with van der Waals surface area (Å²) in [5.41, 5.74) is 1.20. The normalized spacial score (nSPS) is 12.0. The number of nitrogens with zero attached hydrogens (tertiary/aromatic N) is 2. The molecule has 0 radical (unpaired) electrons. The van der Waals surface area contributed by atoms with Crippen LogP contribution in [-0.2, 0) is 17.1 Å². The van der Waals surface area contributed by atoms with Crippen LogP contribution in [0.4, 0.5) is 5.69 Å². The van der Waals surface area contributed by atoms with Crippen LogP contribution in [0.15, 0.2) is 56.7 Å². The molecule has 7 nitrogen and oxygen atoms in total. The highest BCUT2D eigenvalue weighted by atomic mass is 32.2. The molecule has 2 aromatic carbocycles. The van der Waals surface area contributed by atoms with Crippen molar-refractivity contribution in [2.45, 2.75) is 4.90 Å². The van der Waals surface area contributed by atoms with E-state index in [1.54, 1.807) is 31.4 Å². The molecule has 0 aliphatic carbocycles. The van der Waals surface area contributed by atoms with Gasteiger partial charge in [0.15, 0.2) is 5.58 Å². The topological polar surface area (TPSA) is 94.2 Å². The zero-order valence-corrected chi connectivity index (χ0v) is 14.0. The lowest BCUT2D eigenvalue weighted by atomic mass is 10.2. The second-order valence-electron chi connectivity index (χ2n) is 5.24. The Bertz CT molecular complexity index is 1230. The second-order valence-corrected chi connectivity index (χ2v) is 7.76. The van der Waals surface area contributed by atoms with E-state index >= 15 is 0 Å². The highest BCUT2D eigenvalue weighted by Crippen LogP contribution is 2.25. The van der Waals surface area contributed by atoms with Crippen LogP contribution in [0.2, 0.25) is 0 Å². The van der Waals surface area contributed by atoms with E-state index in [1.165, 1.54) is 28.2 Å². The molecule has 0 saturated carbocycles. The fourth-order valence-corrected chi connectivity index (χ4v) is 4.12. The third-order valence-electron chi connectivity index (χ3n) is 3.68. The van der Waals surface area contributed by atoms with Gasteiger partial charge in [-0.05, 0) is 41.9 Å². The Morgan fingerprint density at radius 3 is 2.88 bits per heavy atom. The van der Waals surface area contributed by atoms with Gasteiger partial charge in [0.05, 0.1) is 15.1 Å². The van der Waals surface area contributed by atoms with Crippen molar-refractivity contribution in [1.82, 2.24) is 8.94 Å². The molecule has 0 aliphatic heterocycles. The Labute approximate surface area is 140 Å². The van der Waals surface area contributed by atoms with Gasteiger partial charge >= 0.3 is 5.76 Å². The molecule has 0 aliphatic rings. The fourth-order valence-electron chi connectivity index (χ4n) is 2.43. The number of oxazole rings is 1. The summed E-state index contributed by atoms with van der Waals surface area (Å²) >= 11 is 1.34. The van der Waals surface area contributed by atoms with Crippen LogP contribution in [-0.4, -0.2) is 17.4 Å². The van der Waals surface area contributed by atoms with E-state index < -0.39 is 15.8 Å². The summed E-state index contributed by atoms with van der Waals surface area (Å²) in [6.45, 7) is 0. The molecule has 4 rings (SSSR count). The summed E-state index contributed by atoms with van der Waals surface area (Å²) in [7, 11) is -2.24. The van der Waals surface area contributed by atoms with Crippen molar-refractivity contribution in [2.75, 3.05) is 4.72 Å². The Hall–Kier alpha value is -2.65. The Morgan fingerprint density at radius 2 is 2.04 bits per heavy atom. The minimum atomic E-state index is -3.80. The highest BCUT2D eigenvalue weighted by Gasteiger charge is 2.17. The van der Waals surface area contributed by atoms with Gasteiger partial charge < -0.3 is 4.42 Å². The number of rotatable bonds is 3. The van der Waals surface area contributed by atoms with Gasteiger partial charge in [0, 0.05) is 30.4 Å². The van der Waals surface area contributed by atoms with Gasteiger partial charge in [0.1, 0.15) is 0 Å². The van der Waals surface area contributed by atoms with Crippen LogP contribution < -0.4 is 10.5 Å². The molecule has 0 saturated heterocycles. The van der Waals surface area contributed by atoms with Crippen molar-refractivity contribution in [3.8, 4) is 0 Å². The first-order valence-electron chi connectivity index (χ1n) is 6.91. The number of hydrogen-bond acceptors (Lipinski definition) is 6. The van der Waals surface area contributed by atoms with Crippen LogP contribution in [0.3, 0.4) is 0 Å². The lowest BCUT2D eigenvalue weighted by molar-refractivity contribution is 0.527. The van der Waals surface area contributed by atoms with Gasteiger partial charge in [-0.3, -0.25) is 9.29 Å². The van der Waals surface area contributed by atoms with E-state index in [1.807, 2.05) is 6.07 Å². The molecule has 0 spiro atoms. The zero-order chi connectivity index (χ0) is 16.9. The van der Waals surface area contributed by atoms with Gasteiger partial charge in [0.2, 0.25) is 0 Å². The minimum Gasteiger partial charge on any atom is -0.408 e. The van der Waals surface area contributed by atoms with Crippen LogP contribution in [0.1, 0.15) is 0 Å². The Morgan fingerprint density at radius 1 is 1.21 bits per heavy atom. The number of nitrogens with one attached hydrogen (secondary N) is 1. The Balaban J connectivity index is 1.75. The van der Waals surface area contributed by atoms with Crippen molar-refractivity contribution in [2.24, 2.45) is 7.05 Å². The third kappa shape index (κ3) is 2.38. The zero-order valence-electron chi connectivity index (χ0n) is 12.4. The first kappa shape index (κ1) is 14.9. The lowest BCUT2D eigenvalue weighted by Crippen LogP contribution is -2.12. The molecule has 0 bridgehead atoms. The summed E-state index contributed by atoms with van der Waals surface area (Å²) in [4.78, 5) is 11.5. The third-order valence-corrected chi connectivity index (χ3v) is 5.84. The van der Waals surface area contributed by atoms with E-state index in [-0.39, 0.29) is 10.5 Å². The molecular formula is C15H11N3O4S2. The maximum atomic E-state index is 12.6. The van der Waals surface area contributed by atoms with E-state index in [0.717, 1.165) is 10.1 Å². The van der Waals surface area contributed by atoms with Gasteiger partial charge in [-0.15, -0.1) is 0 Å². The number of sulfonamides is 1. The molecule has 9 heteroatoms. The maximum Gasteiger partial charge on any atom is 0.419 e. The Kier molecular flexibility index (Phi) is 3.22. The second kappa shape index (κ2) is 5.18. The molecule has 1 N–H and O–H groups in total. The average Bonchev–Trinajstić information content (AvgIpc) is 3.11. The molecule has 24 heavy (non-hydrogen) atoms. The maximum absolute atomic E-state index is 12.6. The van der Waals surface area contributed by atoms with Gasteiger partial charge in [-0.1, -0.05) is 0 Å². The van der Waals surface area contributed by atoms with Crippen molar-refractivity contribution < 1.29 is 12.8 Å². The predicted molar refractivity (Wildman–Crippen MR) is 91.9 cm³/mol. The lowest BCUT2D eigenvalue weighted by Gasteiger charge is -2.08. The molecule has 122 valence electrons. The SMILES string of the molecule is Cn1c(=O)oc2cc(S(=O)(=O)Nc3ccc4sncc4c3)ccc21. The van der Waals surface area contributed by atoms with Crippen molar-refractivity contribution in [3.05, 3.63) is 53.1 Å². The largest absolute Gasteiger partial charge is 0.419 e. The van der Waals surface area contributed by atoms with E-state index in [9.17, 15) is 13.2 Å². The molecule has 0 unspecified atom stereocenters. The summed E-state index contributed by atoms with van der Waals surface area (Å²) in [5.74, 6) is -0.539. The van der Waals surface area contributed by atoms with E-state index in [4.69, 9.17) is 4.42 Å². The molecule has 0 atom stereocenters. The van der Waals surface area contributed by atoms with Gasteiger partial charge in [-0.25, -0.2) is 13.2 Å². The van der Waals surface area contributed by atoms with E-state index in [2.05, 4.69) is 9.10 Å². The number of anilines is 1. The minimum absolute atomic E-state index is 0.0212. The number of aryl methyl sites for hydroxylation is 1. The summed E-state index contributed by atoms with van der Waals surface area (Å²) < 4.78 is 39.0. The first-order valence-corrected chi connectivity index (χ1v) is 9.16. The monoisotopic (exact) mass is 361 g/mol. The van der Waals surface area contributed by atoms with Crippen molar-refractivity contribution in [1.29, 1.82) is 0 Å². The van der Waals surface area contributed by atoms with Crippen LogP contribution in [0.5, 0.6) is 0 Å². The molecule has 2 heterocycles. The van der Waals surface area contributed by atoms with Gasteiger partial charge in [0.25, 0.3) is 10.0 Å². The van der Waals surface area contributed by atoms with Crippen molar-refractivity contribution in [3.63, 3.8) is 0 Å². The van der Waals surface area contributed by atoms with Gasteiger partial charge in [-0.2, -0.15) is 4.37 Å². The quantitative estimate of drug-likeness (QED) is 0.605. The smallest absolute Gasteiger partial charge is 0.408 e. The van der Waals surface area contributed by atoms with E-state index in [0.29, 0.717) is 11.2 Å². The summed E-state index contributed by atoms with van der Waals surface area (Å²) in [6.07, 6.45) is 1.68. The number of fused-ring (bicyclic) bond motifs is 2. The predicted octanol–water partition coefficient (Wildman–Crippen LogP) is 2.54. The number of hydrogen-bond donors (Lipinski definition) is 1. The molecule has 0 fully saturated rings. The fraction of sp³-hybridized carbons (Fsp3) is 0.0667. The number of benzene rings is 2. The first-order chi connectivity index (χ1) is 11.4. The molecule has 4 aromatic rings. The van der Waals surface area contributed by atoms with Crippen LogP contribution in [0, 0.1) is 0 Å². The number of aromatic nitrogens is 2.